The summed E-state index contributed by atoms with van der Waals surface area (Å²) in [6, 6.07) is 0. The third-order valence-electron chi connectivity index (χ3n) is 9.43. The molecule has 51 heavy (non-hydrogen) atoms. The standard InChI is InChI=1S/C19H29ClO5.C14H21ClO4.C5H8O.CH4/c1-23-18(22)9-5-3-2-4-8-14-15(13-21)17(12-16(14)20)25-19-10-6-7-11-24-19;1-19-14(18)7-5-3-2-4-6-10-11(9-16)13(17)8-12(10)15;1-2-4-6-5-3-1;/h2,4,13-17,19H,3,5-12H2,1H3;2,4,9-13,17H,3,5-8H2,1H3;2,4H,1,3,5H2;1H4/b2*4-2-;;/t14-,15-,16-,17-,19?;10-,11-,12-,13-;;/m11../s1. The quantitative estimate of drug-likeness (QED) is 0.0550. The number of esters is 2. The van der Waals surface area contributed by atoms with Crippen LogP contribution in [-0.4, -0.2) is 86.3 Å². The van der Waals surface area contributed by atoms with Crippen LogP contribution in [0.4, 0.5) is 0 Å². The van der Waals surface area contributed by atoms with Crippen LogP contribution in [0.25, 0.3) is 0 Å². The summed E-state index contributed by atoms with van der Waals surface area (Å²) in [5, 5.41) is 9.45. The molecule has 0 aromatic carbocycles. The maximum atomic E-state index is 11.6. The van der Waals surface area contributed by atoms with Crippen molar-refractivity contribution in [3.63, 3.8) is 0 Å². The SMILES string of the molecule is C.C1=COCCC1.COC(=O)CCC/C=C\C[C@@H]1[C@@H](C=O)[C@H](O)C[C@H]1Cl.COC(=O)CCC/C=C\C[C@@H]1[C@@H](C=O)[C@H](OC2CCCCO2)C[C@H]1Cl. The maximum absolute atomic E-state index is 11.6. The van der Waals surface area contributed by atoms with Gasteiger partial charge in [0.15, 0.2) is 6.29 Å². The predicted octanol–water partition coefficient (Wildman–Crippen LogP) is 7.66. The molecule has 0 amide bonds. The van der Waals surface area contributed by atoms with Gasteiger partial charge in [0.25, 0.3) is 0 Å². The molecular weight excluding hydrogens is 699 g/mol. The zero-order valence-corrected chi connectivity index (χ0v) is 31.2. The molecule has 2 aliphatic carbocycles. The molecule has 0 aromatic heterocycles. The number of unbranched alkanes of at least 4 members (excludes halogenated alkanes) is 2. The van der Waals surface area contributed by atoms with Crippen molar-refractivity contribution in [3.8, 4) is 0 Å². The molecule has 1 saturated heterocycles. The minimum Gasteiger partial charge on any atom is -0.502 e. The number of aliphatic hydroxyl groups is 1. The lowest BCUT2D eigenvalue weighted by Gasteiger charge is -2.28. The Labute approximate surface area is 315 Å². The van der Waals surface area contributed by atoms with Crippen molar-refractivity contribution in [1.29, 1.82) is 0 Å². The number of halogens is 2. The van der Waals surface area contributed by atoms with Crippen molar-refractivity contribution < 1.29 is 48.0 Å². The molecule has 0 spiro atoms. The average Bonchev–Trinajstić information content (AvgIpc) is 3.60. The second-order valence-electron chi connectivity index (χ2n) is 13.0. The van der Waals surface area contributed by atoms with Crippen molar-refractivity contribution in [1.82, 2.24) is 0 Å². The smallest absolute Gasteiger partial charge is 0.305 e. The van der Waals surface area contributed by atoms with Crippen LogP contribution in [0.5, 0.6) is 0 Å². The van der Waals surface area contributed by atoms with E-state index in [2.05, 4.69) is 15.5 Å². The molecule has 9 atom stereocenters. The summed E-state index contributed by atoms with van der Waals surface area (Å²) in [5.74, 6) is -0.837. The van der Waals surface area contributed by atoms with E-state index in [1.54, 1.807) is 6.26 Å². The molecule has 3 fully saturated rings. The summed E-state index contributed by atoms with van der Waals surface area (Å²) < 4.78 is 25.7. The average molecular weight is 762 g/mol. The van der Waals surface area contributed by atoms with Crippen molar-refractivity contribution in [2.24, 2.45) is 23.7 Å². The first kappa shape index (κ1) is 46.8. The summed E-state index contributed by atoms with van der Waals surface area (Å²) in [6.07, 6.45) is 24.7. The van der Waals surface area contributed by atoms with Gasteiger partial charge in [0, 0.05) is 42.0 Å². The number of carbonyl (C=O) groups is 4. The van der Waals surface area contributed by atoms with Gasteiger partial charge in [0.1, 0.15) is 12.6 Å². The lowest BCUT2D eigenvalue weighted by molar-refractivity contribution is -0.194. The van der Waals surface area contributed by atoms with Crippen molar-refractivity contribution in [2.75, 3.05) is 27.4 Å². The molecule has 2 saturated carbocycles. The third kappa shape index (κ3) is 18.4. The highest BCUT2D eigenvalue weighted by atomic mass is 35.5. The third-order valence-corrected chi connectivity index (χ3v) is 10.4. The maximum Gasteiger partial charge on any atom is 0.305 e. The van der Waals surface area contributed by atoms with Gasteiger partial charge in [-0.3, -0.25) is 9.59 Å². The number of aliphatic hydroxyl groups excluding tert-OH is 1. The Hall–Kier alpha value is -2.24. The van der Waals surface area contributed by atoms with E-state index in [-0.39, 0.29) is 66.2 Å². The number of alkyl halides is 2. The van der Waals surface area contributed by atoms with Crippen LogP contribution >= 0.6 is 23.2 Å². The van der Waals surface area contributed by atoms with E-state index in [0.29, 0.717) is 32.1 Å². The van der Waals surface area contributed by atoms with Gasteiger partial charge in [-0.05, 0) is 101 Å². The lowest BCUT2D eigenvalue weighted by atomic mass is 9.92. The first-order chi connectivity index (χ1) is 24.2. The summed E-state index contributed by atoms with van der Waals surface area (Å²) in [5.41, 5.74) is 0. The molecule has 12 heteroatoms. The van der Waals surface area contributed by atoms with Gasteiger partial charge in [0.05, 0.1) is 39.3 Å². The number of hydrogen-bond donors (Lipinski definition) is 1. The van der Waals surface area contributed by atoms with E-state index in [0.717, 1.165) is 77.2 Å². The van der Waals surface area contributed by atoms with E-state index in [1.165, 1.54) is 27.1 Å². The number of rotatable bonds is 16. The highest BCUT2D eigenvalue weighted by Crippen LogP contribution is 2.40. The molecule has 0 radical (unpaired) electrons. The first-order valence-electron chi connectivity index (χ1n) is 18.1. The number of hydrogen-bond acceptors (Lipinski definition) is 10. The van der Waals surface area contributed by atoms with Crippen molar-refractivity contribution in [2.45, 2.75) is 133 Å². The molecular formula is C39H62Cl2O10. The fraction of sp³-hybridized carbons (Fsp3) is 0.744. The number of carbonyl (C=O) groups excluding carboxylic acids is 4. The Morgan fingerprint density at radius 1 is 0.824 bits per heavy atom. The van der Waals surface area contributed by atoms with Gasteiger partial charge in [-0.2, -0.15) is 0 Å². The van der Waals surface area contributed by atoms with E-state index in [9.17, 15) is 24.3 Å². The molecule has 4 rings (SSSR count). The van der Waals surface area contributed by atoms with Crippen LogP contribution in [0, 0.1) is 23.7 Å². The van der Waals surface area contributed by atoms with Gasteiger partial charge in [-0.1, -0.05) is 31.7 Å². The second kappa shape index (κ2) is 28.3. The zero-order valence-electron chi connectivity index (χ0n) is 29.7. The summed E-state index contributed by atoms with van der Waals surface area (Å²) in [7, 11) is 2.78. The second-order valence-corrected chi connectivity index (χ2v) is 14.2. The highest BCUT2D eigenvalue weighted by Gasteiger charge is 2.43. The van der Waals surface area contributed by atoms with Crippen LogP contribution < -0.4 is 0 Å². The Morgan fingerprint density at radius 3 is 1.86 bits per heavy atom. The van der Waals surface area contributed by atoms with Gasteiger partial charge < -0.3 is 38.4 Å². The number of ether oxygens (including phenoxy) is 5. The molecule has 4 aliphatic rings. The Balaban J connectivity index is 0.000000440. The fourth-order valence-electron chi connectivity index (χ4n) is 6.47. The molecule has 10 nitrogen and oxygen atoms in total. The Bertz CT molecular complexity index is 1050. The van der Waals surface area contributed by atoms with E-state index >= 15 is 0 Å². The van der Waals surface area contributed by atoms with Gasteiger partial charge in [0.2, 0.25) is 0 Å². The molecule has 2 heterocycles. The molecule has 292 valence electrons. The van der Waals surface area contributed by atoms with Crippen molar-refractivity contribution >= 4 is 47.7 Å². The van der Waals surface area contributed by atoms with Crippen LogP contribution in [0.3, 0.4) is 0 Å². The first-order valence-corrected chi connectivity index (χ1v) is 19.0. The minimum absolute atomic E-state index is 0. The summed E-state index contributed by atoms with van der Waals surface area (Å²) in [4.78, 5) is 44.5. The molecule has 0 aromatic rings. The normalized spacial score (nSPS) is 29.9. The van der Waals surface area contributed by atoms with Crippen LogP contribution in [0.2, 0.25) is 0 Å². The largest absolute Gasteiger partial charge is 0.502 e. The molecule has 2 aliphatic heterocycles. The molecule has 0 bridgehead atoms. The van der Waals surface area contributed by atoms with Crippen LogP contribution in [-0.2, 0) is 42.9 Å². The Morgan fingerprint density at radius 2 is 1.41 bits per heavy atom. The summed E-state index contributed by atoms with van der Waals surface area (Å²) in [6.45, 7) is 1.64. The number of allylic oxidation sites excluding steroid dienone is 5. The lowest BCUT2D eigenvalue weighted by Crippen LogP contribution is -2.31. The Kier molecular flexibility index (Phi) is 25.9. The van der Waals surface area contributed by atoms with Crippen LogP contribution in [0.1, 0.15) is 104 Å². The number of methoxy groups -OCH3 is 2. The van der Waals surface area contributed by atoms with E-state index in [4.69, 9.17) is 37.4 Å². The van der Waals surface area contributed by atoms with Gasteiger partial charge in [-0.15, -0.1) is 23.2 Å². The topological polar surface area (TPSA) is 135 Å². The van der Waals surface area contributed by atoms with Crippen LogP contribution in [0.15, 0.2) is 36.6 Å². The predicted molar refractivity (Wildman–Crippen MR) is 199 cm³/mol. The van der Waals surface area contributed by atoms with E-state index < -0.39 is 6.10 Å². The molecule has 1 unspecified atom stereocenters. The molecule has 1 N–H and O–H groups in total. The fourth-order valence-corrected chi connectivity index (χ4v) is 7.37. The van der Waals surface area contributed by atoms with Crippen molar-refractivity contribution in [3.05, 3.63) is 36.6 Å². The number of aldehydes is 2. The summed E-state index contributed by atoms with van der Waals surface area (Å²) >= 11 is 12.6. The van der Waals surface area contributed by atoms with Gasteiger partial charge >= 0.3 is 11.9 Å². The van der Waals surface area contributed by atoms with Gasteiger partial charge in [-0.25, -0.2) is 0 Å². The monoisotopic (exact) mass is 760 g/mol. The minimum atomic E-state index is -0.613. The highest BCUT2D eigenvalue weighted by molar-refractivity contribution is 6.21. The van der Waals surface area contributed by atoms with E-state index in [1.807, 2.05) is 24.3 Å². The zero-order chi connectivity index (χ0) is 36.6.